The Bertz CT molecular complexity index is 611. The van der Waals surface area contributed by atoms with Gasteiger partial charge in [-0.05, 0) is 31.0 Å². The van der Waals surface area contributed by atoms with Gasteiger partial charge in [0.15, 0.2) is 0 Å². The maximum Gasteiger partial charge on any atom is 0.316 e. The Balaban J connectivity index is 2.15. The maximum absolute atomic E-state index is 12.4. The van der Waals surface area contributed by atoms with Crippen molar-refractivity contribution in [3.05, 3.63) is 29.8 Å². The maximum atomic E-state index is 12.4. The number of benzene rings is 1. The Morgan fingerprint density at radius 3 is 2.57 bits per heavy atom. The van der Waals surface area contributed by atoms with Crippen LogP contribution in [0.4, 0.5) is 10.5 Å². The largest absolute Gasteiger partial charge is 0.481 e. The third kappa shape index (κ3) is 4.68. The first-order chi connectivity index (χ1) is 10.9. The first-order valence-electron chi connectivity index (χ1n) is 7.19. The zero-order chi connectivity index (χ0) is 16.9. The summed E-state index contributed by atoms with van der Waals surface area (Å²) in [6.07, 6.45) is 0.704. The molecule has 0 saturated carbocycles. The summed E-state index contributed by atoms with van der Waals surface area (Å²) in [5, 5.41) is 14.3. The molecule has 0 spiro atoms. The number of hydrogen-bond donors (Lipinski definition) is 4. The molecule has 1 saturated heterocycles. The van der Waals surface area contributed by atoms with E-state index in [9.17, 15) is 14.4 Å². The molecular formula is C15H19N3O5. The lowest BCUT2D eigenvalue weighted by Crippen LogP contribution is -2.53. The number of rotatable bonds is 5. The van der Waals surface area contributed by atoms with Crippen molar-refractivity contribution < 1.29 is 24.2 Å². The molecule has 0 aliphatic carbocycles. The van der Waals surface area contributed by atoms with Gasteiger partial charge in [0.1, 0.15) is 0 Å². The van der Waals surface area contributed by atoms with Crippen molar-refractivity contribution in [3.8, 4) is 0 Å². The van der Waals surface area contributed by atoms with Gasteiger partial charge in [-0.25, -0.2) is 4.79 Å². The number of hydrogen-bond acceptors (Lipinski definition) is 4. The normalized spacial score (nSPS) is 16.3. The van der Waals surface area contributed by atoms with Crippen molar-refractivity contribution in [1.29, 1.82) is 0 Å². The number of aliphatic carboxylic acids is 1. The Morgan fingerprint density at radius 1 is 1.26 bits per heavy atom. The van der Waals surface area contributed by atoms with Gasteiger partial charge in [0, 0.05) is 24.5 Å². The van der Waals surface area contributed by atoms with E-state index in [2.05, 4.69) is 10.6 Å². The summed E-state index contributed by atoms with van der Waals surface area (Å²) in [5.41, 5.74) is 4.93. The zero-order valence-corrected chi connectivity index (χ0v) is 12.5. The summed E-state index contributed by atoms with van der Waals surface area (Å²) in [7, 11) is 0. The first kappa shape index (κ1) is 16.8. The molecule has 1 aromatic rings. The molecule has 124 valence electrons. The van der Waals surface area contributed by atoms with Crippen molar-refractivity contribution in [2.24, 2.45) is 5.73 Å². The molecule has 3 amide bonds. The van der Waals surface area contributed by atoms with E-state index in [1.807, 2.05) is 0 Å². The van der Waals surface area contributed by atoms with Crippen molar-refractivity contribution in [1.82, 2.24) is 5.32 Å². The van der Waals surface area contributed by atoms with Crippen LogP contribution in [0.25, 0.3) is 0 Å². The average molecular weight is 321 g/mol. The molecule has 2 rings (SSSR count). The third-order valence-corrected chi connectivity index (χ3v) is 3.71. The zero-order valence-electron chi connectivity index (χ0n) is 12.5. The number of urea groups is 1. The van der Waals surface area contributed by atoms with E-state index < -0.39 is 23.4 Å². The standard InChI is InChI=1S/C15H19N3O5/c16-14(22)17-11-3-1-2-10(8-11)13(21)18-15(9-12(19)20)4-6-23-7-5-15/h1-3,8H,4-7,9H2,(H,18,21)(H,19,20)(H3,16,17,22). The van der Waals surface area contributed by atoms with Crippen molar-refractivity contribution in [2.45, 2.75) is 24.8 Å². The Morgan fingerprint density at radius 2 is 1.96 bits per heavy atom. The molecule has 1 aromatic carbocycles. The number of ether oxygens (including phenoxy) is 1. The van der Waals surface area contributed by atoms with Crippen LogP contribution in [0, 0.1) is 0 Å². The Kier molecular flexibility index (Phi) is 5.17. The van der Waals surface area contributed by atoms with Gasteiger partial charge in [0.2, 0.25) is 0 Å². The minimum absolute atomic E-state index is 0.165. The van der Waals surface area contributed by atoms with Crippen molar-refractivity contribution >= 4 is 23.6 Å². The molecule has 1 aliphatic rings. The molecule has 8 nitrogen and oxygen atoms in total. The molecule has 0 bridgehead atoms. The molecule has 0 radical (unpaired) electrons. The van der Waals surface area contributed by atoms with Gasteiger partial charge in [-0.1, -0.05) is 6.07 Å². The summed E-state index contributed by atoms with van der Waals surface area (Å²) >= 11 is 0. The van der Waals surface area contributed by atoms with E-state index in [-0.39, 0.29) is 6.42 Å². The molecule has 5 N–H and O–H groups in total. The monoisotopic (exact) mass is 321 g/mol. The molecule has 0 atom stereocenters. The number of nitrogens with two attached hydrogens (primary N) is 1. The molecule has 1 fully saturated rings. The summed E-state index contributed by atoms with van der Waals surface area (Å²) in [6, 6.07) is 5.54. The summed E-state index contributed by atoms with van der Waals surface area (Å²) in [5.74, 6) is -1.38. The van der Waals surface area contributed by atoms with Crippen LogP contribution in [-0.2, 0) is 9.53 Å². The lowest BCUT2D eigenvalue weighted by Gasteiger charge is -2.36. The number of carboxylic acids is 1. The Labute approximate surface area is 133 Å². The number of amides is 3. The van der Waals surface area contributed by atoms with E-state index >= 15 is 0 Å². The topological polar surface area (TPSA) is 131 Å². The quantitative estimate of drug-likeness (QED) is 0.641. The minimum atomic E-state index is -0.976. The number of nitrogens with one attached hydrogen (secondary N) is 2. The molecule has 23 heavy (non-hydrogen) atoms. The number of anilines is 1. The van der Waals surface area contributed by atoms with Crippen LogP contribution in [0.3, 0.4) is 0 Å². The molecule has 0 unspecified atom stereocenters. The predicted octanol–water partition coefficient (Wildman–Crippen LogP) is 0.931. The third-order valence-electron chi connectivity index (χ3n) is 3.71. The highest BCUT2D eigenvalue weighted by Crippen LogP contribution is 2.25. The first-order valence-corrected chi connectivity index (χ1v) is 7.19. The molecule has 8 heteroatoms. The van der Waals surface area contributed by atoms with Crippen molar-refractivity contribution in [2.75, 3.05) is 18.5 Å². The smallest absolute Gasteiger partial charge is 0.316 e. The lowest BCUT2D eigenvalue weighted by atomic mass is 9.86. The number of primary amides is 1. The van der Waals surface area contributed by atoms with Gasteiger partial charge in [0.05, 0.1) is 12.0 Å². The molecular weight excluding hydrogens is 302 g/mol. The van der Waals surface area contributed by atoms with Gasteiger partial charge in [-0.15, -0.1) is 0 Å². The van der Waals surface area contributed by atoms with E-state index in [0.717, 1.165) is 0 Å². The highest BCUT2D eigenvalue weighted by atomic mass is 16.5. The fourth-order valence-electron chi connectivity index (χ4n) is 2.59. The molecule has 1 heterocycles. The highest BCUT2D eigenvalue weighted by molar-refractivity contribution is 5.97. The summed E-state index contributed by atoms with van der Waals surface area (Å²) in [6.45, 7) is 0.799. The van der Waals surface area contributed by atoms with Crippen molar-refractivity contribution in [3.63, 3.8) is 0 Å². The molecule has 1 aliphatic heterocycles. The SMILES string of the molecule is NC(=O)Nc1cccc(C(=O)NC2(CC(=O)O)CCOCC2)c1. The van der Waals surface area contributed by atoms with Crippen LogP contribution >= 0.6 is 0 Å². The van der Waals surface area contributed by atoms with Gasteiger partial charge in [-0.2, -0.15) is 0 Å². The highest BCUT2D eigenvalue weighted by Gasteiger charge is 2.36. The van der Waals surface area contributed by atoms with Crippen LogP contribution in [-0.4, -0.2) is 41.8 Å². The number of carboxylic acid groups (broad SMARTS) is 1. The second kappa shape index (κ2) is 7.10. The van der Waals surface area contributed by atoms with Crippen LogP contribution in [0.15, 0.2) is 24.3 Å². The second-order valence-electron chi connectivity index (χ2n) is 5.49. The summed E-state index contributed by atoms with van der Waals surface area (Å²) < 4.78 is 5.25. The van der Waals surface area contributed by atoms with E-state index in [1.54, 1.807) is 18.2 Å². The minimum Gasteiger partial charge on any atom is -0.481 e. The van der Waals surface area contributed by atoms with E-state index in [4.69, 9.17) is 15.6 Å². The van der Waals surface area contributed by atoms with Gasteiger partial charge in [-0.3, -0.25) is 9.59 Å². The van der Waals surface area contributed by atoms with Crippen LogP contribution in [0.5, 0.6) is 0 Å². The van der Waals surface area contributed by atoms with Gasteiger partial charge in [0.25, 0.3) is 5.91 Å². The lowest BCUT2D eigenvalue weighted by molar-refractivity contribution is -0.139. The van der Waals surface area contributed by atoms with Gasteiger partial charge < -0.3 is 26.2 Å². The predicted molar refractivity (Wildman–Crippen MR) is 82.2 cm³/mol. The number of carbonyl (C=O) groups is 3. The number of carbonyl (C=O) groups excluding carboxylic acids is 2. The Hall–Kier alpha value is -2.61. The second-order valence-corrected chi connectivity index (χ2v) is 5.49. The van der Waals surface area contributed by atoms with Crippen LogP contribution < -0.4 is 16.4 Å². The fraction of sp³-hybridized carbons (Fsp3) is 0.400. The van der Waals surface area contributed by atoms with Crippen LogP contribution in [0.2, 0.25) is 0 Å². The van der Waals surface area contributed by atoms with Crippen LogP contribution in [0.1, 0.15) is 29.6 Å². The van der Waals surface area contributed by atoms with Gasteiger partial charge >= 0.3 is 12.0 Å². The average Bonchev–Trinajstić information content (AvgIpc) is 2.46. The summed E-state index contributed by atoms with van der Waals surface area (Å²) in [4.78, 5) is 34.4. The molecule has 0 aromatic heterocycles. The fourth-order valence-corrected chi connectivity index (χ4v) is 2.59. The van der Waals surface area contributed by atoms with E-state index in [1.165, 1.54) is 6.07 Å². The van der Waals surface area contributed by atoms with E-state index in [0.29, 0.717) is 37.3 Å².